The van der Waals surface area contributed by atoms with Gasteiger partial charge in [-0.25, -0.2) is 9.07 Å². The van der Waals surface area contributed by atoms with E-state index in [-0.39, 0.29) is 5.82 Å². The molecule has 0 saturated heterocycles. The molecule has 0 aliphatic carbocycles. The van der Waals surface area contributed by atoms with Gasteiger partial charge in [0.15, 0.2) is 0 Å². The zero-order chi connectivity index (χ0) is 13.8. The van der Waals surface area contributed by atoms with Crippen LogP contribution in [0, 0.1) is 5.82 Å². The summed E-state index contributed by atoms with van der Waals surface area (Å²) in [6.45, 7) is 7.73. The summed E-state index contributed by atoms with van der Waals surface area (Å²) in [7, 11) is 0. The van der Waals surface area contributed by atoms with E-state index < -0.39 is 0 Å². The second kappa shape index (κ2) is 5.97. The van der Waals surface area contributed by atoms with Crippen molar-refractivity contribution >= 4 is 0 Å². The van der Waals surface area contributed by atoms with Crippen LogP contribution in [0.15, 0.2) is 30.5 Å². The lowest BCUT2D eigenvalue weighted by Crippen LogP contribution is -2.12. The standard InChI is InChI=1S/C15H20FN3/c1-4-17-10-12-5-6-15(13(16)9-12)19-8-7-14(18-19)11(2)3/h5-9,11,17H,4,10H2,1-3H3. The molecule has 2 aromatic rings. The van der Waals surface area contributed by atoms with Crippen molar-refractivity contribution in [3.63, 3.8) is 0 Å². The number of halogens is 1. The largest absolute Gasteiger partial charge is 0.313 e. The first-order valence-electron chi connectivity index (χ1n) is 6.67. The lowest BCUT2D eigenvalue weighted by Gasteiger charge is -2.07. The molecular formula is C15H20FN3. The molecule has 19 heavy (non-hydrogen) atoms. The molecule has 0 saturated carbocycles. The molecule has 3 nitrogen and oxygen atoms in total. The van der Waals surface area contributed by atoms with E-state index in [1.807, 2.05) is 19.1 Å². The van der Waals surface area contributed by atoms with Crippen LogP contribution in [0.3, 0.4) is 0 Å². The van der Waals surface area contributed by atoms with Gasteiger partial charge in [-0.05, 0) is 36.2 Å². The van der Waals surface area contributed by atoms with Crippen LogP contribution >= 0.6 is 0 Å². The summed E-state index contributed by atoms with van der Waals surface area (Å²) in [4.78, 5) is 0. The van der Waals surface area contributed by atoms with Crippen molar-refractivity contribution in [1.82, 2.24) is 15.1 Å². The minimum atomic E-state index is -0.242. The molecule has 0 aliphatic rings. The van der Waals surface area contributed by atoms with Crippen LogP contribution in [0.1, 0.15) is 37.9 Å². The number of benzene rings is 1. The van der Waals surface area contributed by atoms with Gasteiger partial charge in [-0.1, -0.05) is 26.8 Å². The summed E-state index contributed by atoms with van der Waals surface area (Å²) in [5, 5.41) is 7.57. The van der Waals surface area contributed by atoms with E-state index >= 15 is 0 Å². The molecule has 0 radical (unpaired) electrons. The van der Waals surface area contributed by atoms with E-state index in [2.05, 4.69) is 24.3 Å². The summed E-state index contributed by atoms with van der Waals surface area (Å²) in [6.07, 6.45) is 1.80. The van der Waals surface area contributed by atoms with Gasteiger partial charge in [-0.15, -0.1) is 0 Å². The zero-order valence-electron chi connectivity index (χ0n) is 11.7. The van der Waals surface area contributed by atoms with Gasteiger partial charge in [0.2, 0.25) is 0 Å². The van der Waals surface area contributed by atoms with E-state index in [0.29, 0.717) is 18.2 Å². The third kappa shape index (κ3) is 3.20. The van der Waals surface area contributed by atoms with Gasteiger partial charge in [-0.2, -0.15) is 5.10 Å². The van der Waals surface area contributed by atoms with Crippen molar-refractivity contribution in [2.24, 2.45) is 0 Å². The molecule has 102 valence electrons. The second-order valence-corrected chi connectivity index (χ2v) is 4.91. The van der Waals surface area contributed by atoms with E-state index in [4.69, 9.17) is 0 Å². The molecule has 0 spiro atoms. The highest BCUT2D eigenvalue weighted by molar-refractivity contribution is 5.36. The van der Waals surface area contributed by atoms with Gasteiger partial charge in [-0.3, -0.25) is 0 Å². The number of hydrogen-bond donors (Lipinski definition) is 1. The quantitative estimate of drug-likeness (QED) is 0.895. The van der Waals surface area contributed by atoms with Gasteiger partial charge in [0, 0.05) is 12.7 Å². The average Bonchev–Trinajstić information content (AvgIpc) is 2.86. The van der Waals surface area contributed by atoms with E-state index in [1.54, 1.807) is 23.0 Å². The van der Waals surface area contributed by atoms with Crippen LogP contribution in [-0.4, -0.2) is 16.3 Å². The maximum absolute atomic E-state index is 14.1. The van der Waals surface area contributed by atoms with Crippen molar-refractivity contribution in [2.45, 2.75) is 33.2 Å². The van der Waals surface area contributed by atoms with Crippen LogP contribution in [-0.2, 0) is 6.54 Å². The smallest absolute Gasteiger partial charge is 0.149 e. The monoisotopic (exact) mass is 261 g/mol. The van der Waals surface area contributed by atoms with Crippen LogP contribution < -0.4 is 5.32 Å². The zero-order valence-corrected chi connectivity index (χ0v) is 11.7. The van der Waals surface area contributed by atoms with E-state index in [9.17, 15) is 4.39 Å². The normalized spacial score (nSPS) is 11.2. The number of nitrogens with one attached hydrogen (secondary N) is 1. The molecule has 1 N–H and O–H groups in total. The van der Waals surface area contributed by atoms with Gasteiger partial charge < -0.3 is 5.32 Å². The fourth-order valence-corrected chi connectivity index (χ4v) is 1.90. The molecule has 0 amide bonds. The van der Waals surface area contributed by atoms with Gasteiger partial charge in [0.25, 0.3) is 0 Å². The Kier molecular flexibility index (Phi) is 4.32. The van der Waals surface area contributed by atoms with Crippen LogP contribution in [0.2, 0.25) is 0 Å². The molecule has 1 heterocycles. The maximum atomic E-state index is 14.1. The summed E-state index contributed by atoms with van der Waals surface area (Å²) in [6, 6.07) is 7.20. The predicted molar refractivity (Wildman–Crippen MR) is 75.0 cm³/mol. The number of hydrogen-bond acceptors (Lipinski definition) is 2. The van der Waals surface area contributed by atoms with Crippen molar-refractivity contribution in [1.29, 1.82) is 0 Å². The predicted octanol–water partition coefficient (Wildman–Crippen LogP) is 3.24. The third-order valence-corrected chi connectivity index (χ3v) is 3.04. The Morgan fingerprint density at radius 3 is 2.68 bits per heavy atom. The first-order valence-corrected chi connectivity index (χ1v) is 6.67. The Bertz CT molecular complexity index is 546. The highest BCUT2D eigenvalue weighted by Crippen LogP contribution is 2.17. The van der Waals surface area contributed by atoms with Gasteiger partial charge in [0.1, 0.15) is 11.5 Å². The molecule has 4 heteroatoms. The molecule has 0 fully saturated rings. The SMILES string of the molecule is CCNCc1ccc(-n2ccc(C(C)C)n2)c(F)c1. The summed E-state index contributed by atoms with van der Waals surface area (Å²) in [5.41, 5.74) is 2.41. The molecule has 0 unspecified atom stereocenters. The van der Waals surface area contributed by atoms with Gasteiger partial charge in [0.05, 0.1) is 5.69 Å². The first kappa shape index (κ1) is 13.7. The minimum Gasteiger partial charge on any atom is -0.313 e. The number of aromatic nitrogens is 2. The van der Waals surface area contributed by atoms with Crippen molar-refractivity contribution in [3.8, 4) is 5.69 Å². The van der Waals surface area contributed by atoms with E-state index in [0.717, 1.165) is 17.8 Å². The Hall–Kier alpha value is -1.68. The Balaban J connectivity index is 2.24. The molecule has 2 rings (SSSR count). The van der Waals surface area contributed by atoms with Crippen molar-refractivity contribution in [2.75, 3.05) is 6.54 Å². The number of nitrogens with zero attached hydrogens (tertiary/aromatic N) is 2. The van der Waals surface area contributed by atoms with E-state index in [1.165, 1.54) is 0 Å². The van der Waals surface area contributed by atoms with Crippen LogP contribution in [0.5, 0.6) is 0 Å². The van der Waals surface area contributed by atoms with Crippen molar-refractivity contribution in [3.05, 3.63) is 47.5 Å². The fourth-order valence-electron chi connectivity index (χ4n) is 1.90. The molecular weight excluding hydrogens is 241 g/mol. The maximum Gasteiger partial charge on any atom is 0.149 e. The first-order chi connectivity index (χ1) is 9.11. The summed E-state index contributed by atoms with van der Waals surface area (Å²) >= 11 is 0. The summed E-state index contributed by atoms with van der Waals surface area (Å²) < 4.78 is 15.7. The molecule has 1 aromatic heterocycles. The average molecular weight is 261 g/mol. The Labute approximate surface area is 113 Å². The van der Waals surface area contributed by atoms with Gasteiger partial charge >= 0.3 is 0 Å². The molecule has 0 atom stereocenters. The fraction of sp³-hybridized carbons (Fsp3) is 0.400. The number of rotatable bonds is 5. The lowest BCUT2D eigenvalue weighted by atomic mass is 10.1. The Morgan fingerprint density at radius 1 is 1.32 bits per heavy atom. The lowest BCUT2D eigenvalue weighted by molar-refractivity contribution is 0.603. The molecule has 1 aromatic carbocycles. The highest BCUT2D eigenvalue weighted by atomic mass is 19.1. The highest BCUT2D eigenvalue weighted by Gasteiger charge is 2.09. The second-order valence-electron chi connectivity index (χ2n) is 4.91. The Morgan fingerprint density at radius 2 is 2.11 bits per heavy atom. The molecule has 0 bridgehead atoms. The molecule has 0 aliphatic heterocycles. The van der Waals surface area contributed by atoms with Crippen molar-refractivity contribution < 1.29 is 4.39 Å². The summed E-state index contributed by atoms with van der Waals surface area (Å²) in [5.74, 6) is 0.103. The van der Waals surface area contributed by atoms with Crippen LogP contribution in [0.4, 0.5) is 4.39 Å². The topological polar surface area (TPSA) is 29.9 Å². The van der Waals surface area contributed by atoms with Crippen LogP contribution in [0.25, 0.3) is 5.69 Å². The third-order valence-electron chi connectivity index (χ3n) is 3.04. The minimum absolute atomic E-state index is 0.242.